The van der Waals surface area contributed by atoms with E-state index < -0.39 is 5.97 Å². The average Bonchev–Trinajstić information content (AvgIpc) is 2.49. The first-order valence-electron chi connectivity index (χ1n) is 6.09. The van der Waals surface area contributed by atoms with Gasteiger partial charge in [0.15, 0.2) is 0 Å². The van der Waals surface area contributed by atoms with Crippen LogP contribution in [0.15, 0.2) is 58.2 Å². The van der Waals surface area contributed by atoms with E-state index in [0.29, 0.717) is 16.8 Å². The molecule has 0 aromatic heterocycles. The molecule has 2 aromatic rings. The molecule has 0 saturated heterocycles. The minimum Gasteiger partial charge on any atom is -0.455 e. The Bertz CT molecular complexity index is 669. The molecule has 0 amide bonds. The third-order valence-electron chi connectivity index (χ3n) is 2.76. The van der Waals surface area contributed by atoms with Gasteiger partial charge < -0.3 is 15.7 Å². The lowest BCUT2D eigenvalue weighted by Crippen LogP contribution is -2.15. The molecule has 0 aliphatic heterocycles. The van der Waals surface area contributed by atoms with Crippen LogP contribution in [-0.4, -0.2) is 23.5 Å². The summed E-state index contributed by atoms with van der Waals surface area (Å²) in [7, 11) is 0. The number of nitrogens with two attached hydrogens (primary N) is 1. The fourth-order valence-electron chi connectivity index (χ4n) is 1.70. The number of hydrogen-bond acceptors (Lipinski definition) is 5. The third-order valence-corrected chi connectivity index (χ3v) is 3.29. The van der Waals surface area contributed by atoms with Gasteiger partial charge in [0.05, 0.1) is 5.56 Å². The van der Waals surface area contributed by atoms with E-state index in [0.717, 1.165) is 4.47 Å². The molecule has 3 N–H and O–H groups in total. The Morgan fingerprint density at radius 3 is 2.52 bits per heavy atom. The number of esters is 1. The van der Waals surface area contributed by atoms with Crippen molar-refractivity contribution in [3.05, 3.63) is 64.1 Å². The summed E-state index contributed by atoms with van der Waals surface area (Å²) in [5.74, 6) is -0.527. The van der Waals surface area contributed by atoms with Crippen LogP contribution in [0.3, 0.4) is 0 Å². The zero-order chi connectivity index (χ0) is 15.2. The van der Waals surface area contributed by atoms with Crippen LogP contribution in [0.4, 0.5) is 5.69 Å². The Hall–Kier alpha value is -2.34. The maximum atomic E-state index is 11.9. The van der Waals surface area contributed by atoms with Gasteiger partial charge in [-0.1, -0.05) is 39.3 Å². The van der Waals surface area contributed by atoms with Crippen molar-refractivity contribution in [3.63, 3.8) is 0 Å². The van der Waals surface area contributed by atoms with Crippen molar-refractivity contribution in [1.82, 2.24) is 0 Å². The number of oxime groups is 1. The van der Waals surface area contributed by atoms with Gasteiger partial charge in [-0.15, -0.1) is 0 Å². The van der Waals surface area contributed by atoms with E-state index >= 15 is 0 Å². The number of benzene rings is 2. The van der Waals surface area contributed by atoms with Gasteiger partial charge in [-0.05, 0) is 30.3 Å². The van der Waals surface area contributed by atoms with Crippen molar-refractivity contribution in [2.24, 2.45) is 5.16 Å². The van der Waals surface area contributed by atoms with Gasteiger partial charge in [-0.3, -0.25) is 0 Å². The molecule has 2 rings (SSSR count). The van der Waals surface area contributed by atoms with Crippen molar-refractivity contribution in [3.8, 4) is 0 Å². The first kappa shape index (κ1) is 15.1. The second-order valence-corrected chi connectivity index (χ2v) is 5.17. The number of nitrogen functional groups attached to an aromatic ring is 1. The number of halogens is 1. The van der Waals surface area contributed by atoms with Crippen LogP contribution in [-0.2, 0) is 4.74 Å². The van der Waals surface area contributed by atoms with Crippen LogP contribution in [0.1, 0.15) is 15.9 Å². The molecule has 5 nitrogen and oxygen atoms in total. The lowest BCUT2D eigenvalue weighted by molar-refractivity contribution is 0.0562. The van der Waals surface area contributed by atoms with E-state index in [1.54, 1.807) is 42.5 Å². The first-order chi connectivity index (χ1) is 10.1. The number of anilines is 1. The lowest BCUT2D eigenvalue weighted by Gasteiger charge is -2.07. The average molecular weight is 349 g/mol. The summed E-state index contributed by atoms with van der Waals surface area (Å²) < 4.78 is 6.03. The maximum Gasteiger partial charge on any atom is 0.338 e. The van der Waals surface area contributed by atoms with Crippen LogP contribution < -0.4 is 5.73 Å². The summed E-state index contributed by atoms with van der Waals surface area (Å²) >= 11 is 3.32. The van der Waals surface area contributed by atoms with Crippen LogP contribution in [0, 0.1) is 0 Å². The minimum absolute atomic E-state index is 0.133. The van der Waals surface area contributed by atoms with Gasteiger partial charge in [-0.2, -0.15) is 0 Å². The molecule has 0 spiro atoms. The second-order valence-electron chi connectivity index (χ2n) is 4.26. The van der Waals surface area contributed by atoms with Crippen LogP contribution in [0.5, 0.6) is 0 Å². The van der Waals surface area contributed by atoms with Gasteiger partial charge >= 0.3 is 5.97 Å². The van der Waals surface area contributed by atoms with Gasteiger partial charge in [0.25, 0.3) is 0 Å². The zero-order valence-electron chi connectivity index (χ0n) is 11.0. The molecular weight excluding hydrogens is 336 g/mol. The van der Waals surface area contributed by atoms with E-state index in [4.69, 9.17) is 15.7 Å². The van der Waals surface area contributed by atoms with Crippen molar-refractivity contribution in [1.29, 1.82) is 0 Å². The number of carbonyl (C=O) groups excluding carboxylic acids is 1. The van der Waals surface area contributed by atoms with Gasteiger partial charge in [0, 0.05) is 15.7 Å². The predicted octanol–water partition coefficient (Wildman–Crippen LogP) is 3.07. The smallest absolute Gasteiger partial charge is 0.338 e. The Morgan fingerprint density at radius 2 is 1.90 bits per heavy atom. The summed E-state index contributed by atoms with van der Waals surface area (Å²) in [5, 5.41) is 12.2. The Kier molecular flexibility index (Phi) is 4.94. The quantitative estimate of drug-likeness (QED) is 0.292. The highest BCUT2D eigenvalue weighted by atomic mass is 79.9. The summed E-state index contributed by atoms with van der Waals surface area (Å²) in [4.78, 5) is 11.9. The van der Waals surface area contributed by atoms with Crippen molar-refractivity contribution in [2.75, 3.05) is 12.3 Å². The molecule has 0 heterocycles. The van der Waals surface area contributed by atoms with Gasteiger partial charge in [-0.25, -0.2) is 4.79 Å². The molecule has 0 radical (unpaired) electrons. The minimum atomic E-state index is -0.527. The Labute approximate surface area is 130 Å². The monoisotopic (exact) mass is 348 g/mol. The molecule has 0 fully saturated rings. The van der Waals surface area contributed by atoms with Crippen LogP contribution in [0.25, 0.3) is 0 Å². The topological polar surface area (TPSA) is 84.9 Å². The molecule has 0 atom stereocenters. The molecule has 6 heteroatoms. The standard InChI is InChI=1S/C15H13BrN2O3/c16-12-6-4-10(5-7-12)14(18-20)9-21-15(19)11-2-1-3-13(17)8-11/h1-8,20H,9,17H2/b18-14-. The molecule has 0 saturated carbocycles. The first-order valence-corrected chi connectivity index (χ1v) is 6.89. The number of rotatable bonds is 4. The molecule has 0 bridgehead atoms. The number of hydrogen-bond donors (Lipinski definition) is 2. The molecular formula is C15H13BrN2O3. The summed E-state index contributed by atoms with van der Waals surface area (Å²) in [6.45, 7) is -0.133. The normalized spacial score (nSPS) is 11.2. The van der Waals surface area contributed by atoms with Gasteiger partial charge in [0.2, 0.25) is 0 Å². The van der Waals surface area contributed by atoms with E-state index in [1.165, 1.54) is 6.07 Å². The Morgan fingerprint density at radius 1 is 1.19 bits per heavy atom. The van der Waals surface area contributed by atoms with E-state index in [9.17, 15) is 4.79 Å². The second kappa shape index (κ2) is 6.90. The van der Waals surface area contributed by atoms with Crippen LogP contribution >= 0.6 is 15.9 Å². The van der Waals surface area contributed by atoms with E-state index in [2.05, 4.69) is 21.1 Å². The van der Waals surface area contributed by atoms with Crippen LogP contribution in [0.2, 0.25) is 0 Å². The van der Waals surface area contributed by atoms with E-state index in [1.807, 2.05) is 0 Å². The number of ether oxygens (including phenoxy) is 1. The summed E-state index contributed by atoms with van der Waals surface area (Å²) in [5.41, 5.74) is 7.37. The number of carbonyl (C=O) groups is 1. The Balaban J connectivity index is 2.04. The van der Waals surface area contributed by atoms with Crippen molar-refractivity contribution < 1.29 is 14.7 Å². The van der Waals surface area contributed by atoms with Gasteiger partial charge in [0.1, 0.15) is 12.3 Å². The van der Waals surface area contributed by atoms with E-state index in [-0.39, 0.29) is 12.3 Å². The molecule has 0 aliphatic carbocycles. The highest BCUT2D eigenvalue weighted by Gasteiger charge is 2.11. The third kappa shape index (κ3) is 4.06. The molecule has 0 unspecified atom stereocenters. The molecule has 108 valence electrons. The van der Waals surface area contributed by atoms with Crippen molar-refractivity contribution in [2.45, 2.75) is 0 Å². The molecule has 21 heavy (non-hydrogen) atoms. The van der Waals surface area contributed by atoms with Crippen molar-refractivity contribution >= 4 is 33.3 Å². The fraction of sp³-hybridized carbons (Fsp3) is 0.0667. The molecule has 2 aromatic carbocycles. The maximum absolute atomic E-state index is 11.9. The highest BCUT2D eigenvalue weighted by Crippen LogP contribution is 2.12. The fourth-order valence-corrected chi connectivity index (χ4v) is 1.96. The lowest BCUT2D eigenvalue weighted by atomic mass is 10.1. The predicted molar refractivity (Wildman–Crippen MR) is 83.6 cm³/mol. The largest absolute Gasteiger partial charge is 0.455 e. The highest BCUT2D eigenvalue weighted by molar-refractivity contribution is 9.10. The SMILES string of the molecule is Nc1cccc(C(=O)OC/C(=N/O)c2ccc(Br)cc2)c1. The summed E-state index contributed by atoms with van der Waals surface area (Å²) in [6.07, 6.45) is 0. The number of nitrogens with zero attached hydrogens (tertiary/aromatic N) is 1. The zero-order valence-corrected chi connectivity index (χ0v) is 12.6. The molecule has 0 aliphatic rings. The summed E-state index contributed by atoms with van der Waals surface area (Å²) in [6, 6.07) is 13.6.